The summed E-state index contributed by atoms with van der Waals surface area (Å²) in [5.74, 6) is 1.57. The fourth-order valence-corrected chi connectivity index (χ4v) is 3.63. The van der Waals surface area contributed by atoms with Crippen molar-refractivity contribution in [2.45, 2.75) is 32.1 Å². The molecule has 0 aromatic carbocycles. The first-order valence-corrected chi connectivity index (χ1v) is 5.60. The van der Waals surface area contributed by atoms with E-state index in [0.717, 1.165) is 18.8 Å². The van der Waals surface area contributed by atoms with Crippen LogP contribution >= 0.6 is 0 Å². The standard InChI is InChI=1S/C12H16O2/c13-11(14)7-12(3-4-12)10-6-8-1-2-9(10)5-8/h1-2,8-10H,3-7H2,(H,13,14). The van der Waals surface area contributed by atoms with E-state index in [4.69, 9.17) is 5.11 Å². The molecule has 2 nitrogen and oxygen atoms in total. The smallest absolute Gasteiger partial charge is 0.303 e. The summed E-state index contributed by atoms with van der Waals surface area (Å²) in [6.45, 7) is 0. The molecule has 0 spiro atoms. The SMILES string of the molecule is O=C(O)CC1(C2CC3C=CC2C3)CC1. The van der Waals surface area contributed by atoms with Gasteiger partial charge in [0.2, 0.25) is 0 Å². The van der Waals surface area contributed by atoms with E-state index in [1.165, 1.54) is 12.8 Å². The van der Waals surface area contributed by atoms with Crippen LogP contribution in [0, 0.1) is 23.2 Å². The molecular weight excluding hydrogens is 176 g/mol. The summed E-state index contributed by atoms with van der Waals surface area (Å²) in [7, 11) is 0. The monoisotopic (exact) mass is 192 g/mol. The Morgan fingerprint density at radius 3 is 2.57 bits per heavy atom. The predicted molar refractivity (Wildman–Crippen MR) is 52.8 cm³/mol. The summed E-state index contributed by atoms with van der Waals surface area (Å²) in [5, 5.41) is 8.90. The predicted octanol–water partition coefficient (Wildman–Crippen LogP) is 2.45. The topological polar surface area (TPSA) is 37.3 Å². The molecule has 2 bridgehead atoms. The van der Waals surface area contributed by atoms with Crippen molar-refractivity contribution < 1.29 is 9.90 Å². The molecule has 3 atom stereocenters. The maximum atomic E-state index is 10.8. The van der Waals surface area contributed by atoms with Crippen LogP contribution in [0.1, 0.15) is 32.1 Å². The minimum Gasteiger partial charge on any atom is -0.481 e. The Morgan fingerprint density at radius 1 is 1.36 bits per heavy atom. The van der Waals surface area contributed by atoms with Gasteiger partial charge in [0.25, 0.3) is 0 Å². The summed E-state index contributed by atoms with van der Waals surface area (Å²) in [5.41, 5.74) is 0.204. The average molecular weight is 192 g/mol. The fourth-order valence-electron chi connectivity index (χ4n) is 3.63. The van der Waals surface area contributed by atoms with Gasteiger partial charge >= 0.3 is 5.97 Å². The summed E-state index contributed by atoms with van der Waals surface area (Å²) in [6, 6.07) is 0. The number of hydrogen-bond donors (Lipinski definition) is 1. The lowest BCUT2D eigenvalue weighted by atomic mass is 9.77. The molecule has 3 aliphatic carbocycles. The Labute approximate surface area is 84.0 Å². The number of carbonyl (C=O) groups is 1. The van der Waals surface area contributed by atoms with Crippen LogP contribution in [0.4, 0.5) is 0 Å². The van der Waals surface area contributed by atoms with Gasteiger partial charge in [-0.15, -0.1) is 0 Å². The van der Waals surface area contributed by atoms with Gasteiger partial charge in [0, 0.05) is 0 Å². The highest BCUT2D eigenvalue weighted by atomic mass is 16.4. The van der Waals surface area contributed by atoms with E-state index in [1.807, 2.05) is 0 Å². The van der Waals surface area contributed by atoms with Gasteiger partial charge in [-0.05, 0) is 48.9 Å². The molecule has 0 aromatic rings. The summed E-state index contributed by atoms with van der Waals surface area (Å²) in [6.07, 6.45) is 9.94. The largest absolute Gasteiger partial charge is 0.481 e. The highest BCUT2D eigenvalue weighted by molar-refractivity contribution is 5.68. The molecule has 2 heteroatoms. The van der Waals surface area contributed by atoms with Crippen molar-refractivity contribution in [3.63, 3.8) is 0 Å². The van der Waals surface area contributed by atoms with Crippen LogP contribution in [-0.4, -0.2) is 11.1 Å². The summed E-state index contributed by atoms with van der Waals surface area (Å²) in [4.78, 5) is 10.8. The highest BCUT2D eigenvalue weighted by Gasteiger charge is 2.55. The lowest BCUT2D eigenvalue weighted by molar-refractivity contribution is -0.139. The Morgan fingerprint density at radius 2 is 2.14 bits per heavy atom. The Bertz CT molecular complexity index is 301. The third kappa shape index (κ3) is 1.13. The third-order valence-electron chi connectivity index (χ3n) is 4.46. The van der Waals surface area contributed by atoms with Crippen LogP contribution in [0.5, 0.6) is 0 Å². The van der Waals surface area contributed by atoms with E-state index in [9.17, 15) is 4.79 Å². The Hall–Kier alpha value is -0.790. The lowest BCUT2D eigenvalue weighted by Crippen LogP contribution is -2.23. The second-order valence-corrected chi connectivity index (χ2v) is 5.32. The third-order valence-corrected chi connectivity index (χ3v) is 4.46. The first-order chi connectivity index (χ1) is 6.70. The molecule has 76 valence electrons. The van der Waals surface area contributed by atoms with Gasteiger partial charge in [0.05, 0.1) is 6.42 Å². The van der Waals surface area contributed by atoms with Crippen LogP contribution in [-0.2, 0) is 4.79 Å². The van der Waals surface area contributed by atoms with Gasteiger partial charge < -0.3 is 5.11 Å². The zero-order valence-corrected chi connectivity index (χ0v) is 8.28. The van der Waals surface area contributed by atoms with E-state index in [2.05, 4.69) is 12.2 Å². The van der Waals surface area contributed by atoms with Gasteiger partial charge in [-0.3, -0.25) is 4.79 Å². The molecule has 2 saturated carbocycles. The van der Waals surface area contributed by atoms with E-state index in [1.54, 1.807) is 0 Å². The van der Waals surface area contributed by atoms with E-state index < -0.39 is 5.97 Å². The minimum atomic E-state index is -0.603. The van der Waals surface area contributed by atoms with Crippen LogP contribution in [0.3, 0.4) is 0 Å². The molecule has 0 aromatic heterocycles. The van der Waals surface area contributed by atoms with Gasteiger partial charge in [-0.2, -0.15) is 0 Å². The van der Waals surface area contributed by atoms with Gasteiger partial charge in [0.1, 0.15) is 0 Å². The van der Waals surface area contributed by atoms with Crippen molar-refractivity contribution in [2.24, 2.45) is 23.2 Å². The Kier molecular flexibility index (Phi) is 1.59. The molecule has 0 saturated heterocycles. The van der Waals surface area contributed by atoms with Crippen LogP contribution in [0.25, 0.3) is 0 Å². The summed E-state index contributed by atoms with van der Waals surface area (Å²) >= 11 is 0. The fraction of sp³-hybridized carbons (Fsp3) is 0.750. The lowest BCUT2D eigenvalue weighted by Gasteiger charge is -2.27. The van der Waals surface area contributed by atoms with Gasteiger partial charge in [-0.1, -0.05) is 12.2 Å². The molecule has 0 heterocycles. The number of allylic oxidation sites excluding steroid dienone is 2. The number of fused-ring (bicyclic) bond motifs is 2. The molecule has 14 heavy (non-hydrogen) atoms. The average Bonchev–Trinajstić information content (AvgIpc) is 2.62. The molecule has 1 N–H and O–H groups in total. The molecule has 3 rings (SSSR count). The quantitative estimate of drug-likeness (QED) is 0.697. The molecule has 2 fully saturated rings. The number of carboxylic acids is 1. The normalized spacial score (nSPS) is 41.6. The van der Waals surface area contributed by atoms with Crippen molar-refractivity contribution in [3.8, 4) is 0 Å². The number of carboxylic acid groups (broad SMARTS) is 1. The highest BCUT2D eigenvalue weighted by Crippen LogP contribution is 2.63. The van der Waals surface area contributed by atoms with Crippen LogP contribution < -0.4 is 0 Å². The first-order valence-electron chi connectivity index (χ1n) is 5.60. The zero-order valence-electron chi connectivity index (χ0n) is 8.28. The second-order valence-electron chi connectivity index (χ2n) is 5.32. The van der Waals surface area contributed by atoms with Crippen molar-refractivity contribution in [1.82, 2.24) is 0 Å². The molecule has 0 radical (unpaired) electrons. The van der Waals surface area contributed by atoms with Crippen LogP contribution in [0.2, 0.25) is 0 Å². The van der Waals surface area contributed by atoms with E-state index in [-0.39, 0.29) is 5.41 Å². The number of aliphatic carboxylic acids is 1. The van der Waals surface area contributed by atoms with Crippen molar-refractivity contribution in [1.29, 1.82) is 0 Å². The zero-order chi connectivity index (χ0) is 9.76. The number of hydrogen-bond acceptors (Lipinski definition) is 1. The molecule has 3 unspecified atom stereocenters. The first kappa shape index (κ1) is 8.51. The Balaban J connectivity index is 1.77. The van der Waals surface area contributed by atoms with Crippen molar-refractivity contribution >= 4 is 5.97 Å². The van der Waals surface area contributed by atoms with Crippen LogP contribution in [0.15, 0.2) is 12.2 Å². The molecular formula is C12H16O2. The van der Waals surface area contributed by atoms with Crippen molar-refractivity contribution in [2.75, 3.05) is 0 Å². The van der Waals surface area contributed by atoms with Gasteiger partial charge in [-0.25, -0.2) is 0 Å². The minimum absolute atomic E-state index is 0.204. The van der Waals surface area contributed by atoms with E-state index >= 15 is 0 Å². The molecule has 3 aliphatic rings. The molecule has 0 amide bonds. The number of rotatable bonds is 3. The molecule has 0 aliphatic heterocycles. The maximum Gasteiger partial charge on any atom is 0.303 e. The van der Waals surface area contributed by atoms with Crippen molar-refractivity contribution in [3.05, 3.63) is 12.2 Å². The van der Waals surface area contributed by atoms with Gasteiger partial charge in [0.15, 0.2) is 0 Å². The maximum absolute atomic E-state index is 10.8. The van der Waals surface area contributed by atoms with E-state index in [0.29, 0.717) is 18.3 Å². The summed E-state index contributed by atoms with van der Waals surface area (Å²) < 4.78 is 0. The second kappa shape index (κ2) is 2.62.